The van der Waals surface area contributed by atoms with Gasteiger partial charge in [0.05, 0.1) is 12.6 Å². The summed E-state index contributed by atoms with van der Waals surface area (Å²) in [6.07, 6.45) is 2.45. The zero-order valence-electron chi connectivity index (χ0n) is 11.7. The lowest BCUT2D eigenvalue weighted by Crippen LogP contribution is -2.52. The van der Waals surface area contributed by atoms with Gasteiger partial charge in [0.15, 0.2) is 0 Å². The zero-order chi connectivity index (χ0) is 13.5. The number of halogens is 1. The molecule has 0 aliphatic heterocycles. The lowest BCUT2D eigenvalue weighted by molar-refractivity contribution is -0.141. The third-order valence-electron chi connectivity index (χ3n) is 2.71. The topological polar surface area (TPSA) is 72.6 Å². The lowest BCUT2D eigenvalue weighted by atomic mass is 9.96. The number of amides is 1. The first kappa shape index (κ1) is 19.5. The van der Waals surface area contributed by atoms with E-state index in [2.05, 4.69) is 4.74 Å². The molecule has 0 aromatic heterocycles. The van der Waals surface area contributed by atoms with E-state index in [4.69, 9.17) is 5.73 Å². The molecule has 108 valence electrons. The first-order valence-electron chi connectivity index (χ1n) is 5.96. The number of carbonyl (C=O) groups is 2. The molecule has 0 bridgehead atoms. The summed E-state index contributed by atoms with van der Waals surface area (Å²) in [5, 5.41) is 0. The first-order valence-corrected chi connectivity index (χ1v) is 5.96. The lowest BCUT2D eigenvalue weighted by Gasteiger charge is -2.28. The van der Waals surface area contributed by atoms with Crippen molar-refractivity contribution in [1.82, 2.24) is 4.90 Å². The summed E-state index contributed by atoms with van der Waals surface area (Å²) in [5.74, 6) is -0.334. The van der Waals surface area contributed by atoms with Gasteiger partial charge in [0.25, 0.3) is 0 Å². The van der Waals surface area contributed by atoms with E-state index in [1.807, 2.05) is 6.92 Å². The van der Waals surface area contributed by atoms with Gasteiger partial charge in [0, 0.05) is 20.0 Å². The van der Waals surface area contributed by atoms with Crippen LogP contribution in [-0.4, -0.2) is 43.0 Å². The molecule has 0 aliphatic carbocycles. The fraction of sp³-hybridized carbons (Fsp3) is 0.833. The van der Waals surface area contributed by atoms with Crippen LogP contribution in [0.3, 0.4) is 0 Å². The standard InChI is InChI=1S/C12H24N2O3.ClH/c1-5-8-12(2,13)11(16)14(3)9-6-7-10(15)17-4;/h5-9,13H2,1-4H3;1H. The Bertz CT molecular complexity index is 270. The van der Waals surface area contributed by atoms with Crippen molar-refractivity contribution < 1.29 is 14.3 Å². The molecular formula is C12H25ClN2O3. The van der Waals surface area contributed by atoms with E-state index >= 15 is 0 Å². The summed E-state index contributed by atoms with van der Waals surface area (Å²) in [4.78, 5) is 24.5. The van der Waals surface area contributed by atoms with Crippen LogP contribution >= 0.6 is 12.4 Å². The van der Waals surface area contributed by atoms with Gasteiger partial charge in [-0.25, -0.2) is 0 Å². The van der Waals surface area contributed by atoms with Gasteiger partial charge in [0.1, 0.15) is 0 Å². The Morgan fingerprint density at radius 3 is 2.39 bits per heavy atom. The van der Waals surface area contributed by atoms with Crippen LogP contribution < -0.4 is 5.73 Å². The van der Waals surface area contributed by atoms with Crippen LogP contribution in [0.2, 0.25) is 0 Å². The monoisotopic (exact) mass is 280 g/mol. The number of hydrogen-bond acceptors (Lipinski definition) is 4. The van der Waals surface area contributed by atoms with E-state index in [1.165, 1.54) is 7.11 Å². The Hall–Kier alpha value is -0.810. The minimum absolute atomic E-state index is 0. The third-order valence-corrected chi connectivity index (χ3v) is 2.71. The van der Waals surface area contributed by atoms with E-state index in [-0.39, 0.29) is 24.3 Å². The van der Waals surface area contributed by atoms with E-state index in [9.17, 15) is 9.59 Å². The van der Waals surface area contributed by atoms with Gasteiger partial charge in [-0.05, 0) is 19.8 Å². The largest absolute Gasteiger partial charge is 0.469 e. The minimum atomic E-state index is -0.811. The third kappa shape index (κ3) is 6.81. The van der Waals surface area contributed by atoms with E-state index in [0.717, 1.165) is 6.42 Å². The smallest absolute Gasteiger partial charge is 0.305 e. The van der Waals surface area contributed by atoms with Crippen molar-refractivity contribution in [3.63, 3.8) is 0 Å². The second-order valence-corrected chi connectivity index (χ2v) is 4.57. The molecule has 0 aromatic rings. The highest BCUT2D eigenvalue weighted by Gasteiger charge is 2.29. The average Bonchev–Trinajstić information content (AvgIpc) is 2.27. The quantitative estimate of drug-likeness (QED) is 0.714. The predicted octanol–water partition coefficient (Wildman–Crippen LogP) is 1.34. The molecule has 1 amide bonds. The zero-order valence-corrected chi connectivity index (χ0v) is 12.5. The maximum Gasteiger partial charge on any atom is 0.305 e. The van der Waals surface area contributed by atoms with Crippen molar-refractivity contribution in [1.29, 1.82) is 0 Å². The summed E-state index contributed by atoms with van der Waals surface area (Å²) in [7, 11) is 3.07. The molecule has 0 rings (SSSR count). The second kappa shape index (κ2) is 9.16. The molecule has 18 heavy (non-hydrogen) atoms. The highest BCUT2D eigenvalue weighted by Crippen LogP contribution is 2.12. The summed E-state index contributed by atoms with van der Waals surface area (Å²) in [6.45, 7) is 4.26. The number of rotatable bonds is 7. The van der Waals surface area contributed by atoms with E-state index < -0.39 is 5.54 Å². The Morgan fingerprint density at radius 2 is 1.94 bits per heavy atom. The van der Waals surface area contributed by atoms with Crippen molar-refractivity contribution in [2.75, 3.05) is 20.7 Å². The van der Waals surface area contributed by atoms with Crippen LogP contribution in [0.1, 0.15) is 39.5 Å². The number of likely N-dealkylation sites (N-methyl/N-ethyl adjacent to an activating group) is 1. The number of ether oxygens (including phenoxy) is 1. The number of methoxy groups -OCH3 is 1. The number of hydrogen-bond donors (Lipinski definition) is 1. The molecule has 0 aromatic carbocycles. The summed E-state index contributed by atoms with van der Waals surface area (Å²) >= 11 is 0. The Balaban J connectivity index is 0. The van der Waals surface area contributed by atoms with Gasteiger partial charge in [-0.15, -0.1) is 12.4 Å². The first-order chi connectivity index (χ1) is 7.85. The van der Waals surface area contributed by atoms with Crippen LogP contribution in [0.5, 0.6) is 0 Å². The Kier molecular flexibility index (Phi) is 9.94. The highest BCUT2D eigenvalue weighted by molar-refractivity contribution is 5.85. The SMILES string of the molecule is CCCC(C)(N)C(=O)N(C)CCCC(=O)OC.Cl. The number of nitrogens with two attached hydrogens (primary N) is 1. The molecule has 0 aliphatic rings. The van der Waals surface area contributed by atoms with Gasteiger partial charge in [-0.3, -0.25) is 9.59 Å². The highest BCUT2D eigenvalue weighted by atomic mass is 35.5. The molecule has 0 spiro atoms. The average molecular weight is 281 g/mol. The summed E-state index contributed by atoms with van der Waals surface area (Å²) < 4.78 is 4.53. The van der Waals surface area contributed by atoms with Gasteiger partial charge >= 0.3 is 5.97 Å². The maximum atomic E-state index is 12.0. The van der Waals surface area contributed by atoms with Crippen LogP contribution in [0.15, 0.2) is 0 Å². The van der Waals surface area contributed by atoms with Crippen molar-refractivity contribution >= 4 is 24.3 Å². The van der Waals surface area contributed by atoms with Crippen LogP contribution in [-0.2, 0) is 14.3 Å². The van der Waals surface area contributed by atoms with Gasteiger partial charge in [0.2, 0.25) is 5.91 Å². The van der Waals surface area contributed by atoms with E-state index in [0.29, 0.717) is 25.8 Å². The van der Waals surface area contributed by atoms with Gasteiger partial charge < -0.3 is 15.4 Å². The molecule has 5 nitrogen and oxygen atoms in total. The van der Waals surface area contributed by atoms with Crippen molar-refractivity contribution in [2.24, 2.45) is 5.73 Å². The minimum Gasteiger partial charge on any atom is -0.469 e. The predicted molar refractivity (Wildman–Crippen MR) is 73.6 cm³/mol. The molecule has 0 radical (unpaired) electrons. The molecule has 0 saturated heterocycles. The molecule has 0 fully saturated rings. The fourth-order valence-corrected chi connectivity index (χ4v) is 1.73. The van der Waals surface area contributed by atoms with Crippen LogP contribution in [0.4, 0.5) is 0 Å². The molecule has 1 atom stereocenters. The second-order valence-electron chi connectivity index (χ2n) is 4.57. The van der Waals surface area contributed by atoms with E-state index in [1.54, 1.807) is 18.9 Å². The van der Waals surface area contributed by atoms with Gasteiger partial charge in [-0.1, -0.05) is 13.3 Å². The normalized spacial score (nSPS) is 13.2. The van der Waals surface area contributed by atoms with Crippen molar-refractivity contribution in [3.8, 4) is 0 Å². The molecule has 0 heterocycles. The molecule has 6 heteroatoms. The van der Waals surface area contributed by atoms with Gasteiger partial charge in [-0.2, -0.15) is 0 Å². The molecule has 2 N–H and O–H groups in total. The van der Waals surface area contributed by atoms with Crippen LogP contribution in [0, 0.1) is 0 Å². The fourth-order valence-electron chi connectivity index (χ4n) is 1.73. The Morgan fingerprint density at radius 1 is 1.39 bits per heavy atom. The number of nitrogens with zero attached hydrogens (tertiary/aromatic N) is 1. The molecular weight excluding hydrogens is 256 g/mol. The summed E-state index contributed by atoms with van der Waals surface area (Å²) in [6, 6.07) is 0. The van der Waals surface area contributed by atoms with Crippen LogP contribution in [0.25, 0.3) is 0 Å². The van der Waals surface area contributed by atoms with Crippen molar-refractivity contribution in [3.05, 3.63) is 0 Å². The van der Waals surface area contributed by atoms with Crippen molar-refractivity contribution in [2.45, 2.75) is 45.1 Å². The number of esters is 1. The summed E-state index contributed by atoms with van der Waals surface area (Å²) in [5.41, 5.74) is 5.14. The molecule has 0 saturated carbocycles. The Labute approximate surface area is 115 Å². The number of carbonyl (C=O) groups excluding carboxylic acids is 2. The maximum absolute atomic E-state index is 12.0. The molecule has 1 unspecified atom stereocenters.